The number of carbonyl (C=O) groups is 1. The summed E-state index contributed by atoms with van der Waals surface area (Å²) in [6, 6.07) is 30.4. The molecular weight excluding hydrogens is 438 g/mol. The Balaban J connectivity index is 1.44. The number of rotatable bonds is 11. The van der Waals surface area contributed by atoms with Crippen LogP contribution in [0.4, 0.5) is 0 Å². The fourth-order valence-electron chi connectivity index (χ4n) is 3.94. The second-order valence-electron chi connectivity index (χ2n) is 8.15. The second kappa shape index (κ2) is 12.2. The normalized spacial score (nSPS) is 10.9. The molecule has 5 heteroatoms. The lowest BCUT2D eigenvalue weighted by Gasteiger charge is -2.12. The highest BCUT2D eigenvalue weighted by molar-refractivity contribution is 7.99. The van der Waals surface area contributed by atoms with E-state index in [4.69, 9.17) is 4.98 Å². The van der Waals surface area contributed by atoms with Gasteiger partial charge in [-0.2, -0.15) is 0 Å². The van der Waals surface area contributed by atoms with Gasteiger partial charge < -0.3 is 9.88 Å². The van der Waals surface area contributed by atoms with Crippen molar-refractivity contribution >= 4 is 17.7 Å². The Morgan fingerprint density at radius 3 is 2.12 bits per heavy atom. The lowest BCUT2D eigenvalue weighted by molar-refractivity contribution is 0.0953. The number of nitrogens with zero attached hydrogens (tertiary/aromatic N) is 2. The average molecular weight is 470 g/mol. The van der Waals surface area contributed by atoms with Gasteiger partial charge in [-0.1, -0.05) is 97.5 Å². The van der Waals surface area contributed by atoms with Crippen LogP contribution in [0.3, 0.4) is 0 Å². The lowest BCUT2D eigenvalue weighted by atomic mass is 10.0. The highest BCUT2D eigenvalue weighted by Crippen LogP contribution is 2.36. The quantitative estimate of drug-likeness (QED) is 0.191. The Kier molecular flexibility index (Phi) is 8.58. The number of carbonyl (C=O) groups excluding carboxylic acids is 1. The van der Waals surface area contributed by atoms with Crippen LogP contribution < -0.4 is 5.32 Å². The van der Waals surface area contributed by atoms with Crippen molar-refractivity contribution in [1.29, 1.82) is 0 Å². The molecule has 0 fully saturated rings. The van der Waals surface area contributed by atoms with Gasteiger partial charge in [0.25, 0.3) is 5.91 Å². The predicted octanol–water partition coefficient (Wildman–Crippen LogP) is 6.93. The first-order chi connectivity index (χ1) is 16.8. The van der Waals surface area contributed by atoms with Gasteiger partial charge in [0, 0.05) is 35.5 Å². The van der Waals surface area contributed by atoms with Crippen molar-refractivity contribution < 1.29 is 4.79 Å². The zero-order valence-corrected chi connectivity index (χ0v) is 20.4. The van der Waals surface area contributed by atoms with Crippen molar-refractivity contribution in [2.75, 3.05) is 12.3 Å². The number of amides is 1. The Labute approximate surface area is 206 Å². The van der Waals surface area contributed by atoms with E-state index >= 15 is 0 Å². The third-order valence-electron chi connectivity index (χ3n) is 5.60. The molecule has 0 radical (unpaired) electrons. The first kappa shape index (κ1) is 23.8. The minimum atomic E-state index is -0.00764. The Morgan fingerprint density at radius 2 is 1.47 bits per heavy atom. The van der Waals surface area contributed by atoms with Gasteiger partial charge in [-0.25, -0.2) is 4.98 Å². The Morgan fingerprint density at radius 1 is 0.853 bits per heavy atom. The summed E-state index contributed by atoms with van der Waals surface area (Å²) in [6.45, 7) is 3.82. The monoisotopic (exact) mass is 469 g/mol. The van der Waals surface area contributed by atoms with Crippen molar-refractivity contribution in [3.63, 3.8) is 0 Å². The van der Waals surface area contributed by atoms with Gasteiger partial charge in [0.05, 0.1) is 11.4 Å². The molecule has 0 bridgehead atoms. The fraction of sp³-hybridized carbons (Fsp3) is 0.241. The molecule has 4 rings (SSSR count). The van der Waals surface area contributed by atoms with Crippen molar-refractivity contribution in [1.82, 2.24) is 14.9 Å². The van der Waals surface area contributed by atoms with E-state index in [1.165, 1.54) is 11.3 Å². The summed E-state index contributed by atoms with van der Waals surface area (Å²) in [5, 5.41) is 4.08. The minimum absolute atomic E-state index is 0.00764. The number of imidazole rings is 1. The number of nitrogens with one attached hydrogen (secondary N) is 1. The van der Waals surface area contributed by atoms with Crippen LogP contribution in [0.25, 0.3) is 22.5 Å². The fourth-order valence-corrected chi connectivity index (χ4v) is 4.97. The van der Waals surface area contributed by atoms with Crippen molar-refractivity contribution in [3.05, 3.63) is 96.6 Å². The molecule has 0 aliphatic heterocycles. The molecule has 1 N–H and O–H groups in total. The van der Waals surface area contributed by atoms with E-state index in [0.717, 1.165) is 48.0 Å². The lowest BCUT2D eigenvalue weighted by Crippen LogP contribution is -2.24. The highest BCUT2D eigenvalue weighted by atomic mass is 32.2. The van der Waals surface area contributed by atoms with Crippen LogP contribution in [0.5, 0.6) is 0 Å². The molecule has 0 saturated heterocycles. The summed E-state index contributed by atoms with van der Waals surface area (Å²) in [5.41, 5.74) is 5.27. The number of aromatic nitrogens is 2. The van der Waals surface area contributed by atoms with Gasteiger partial charge in [0.2, 0.25) is 0 Å². The van der Waals surface area contributed by atoms with Gasteiger partial charge in [-0.3, -0.25) is 4.79 Å². The third kappa shape index (κ3) is 5.97. The average Bonchev–Trinajstić information content (AvgIpc) is 3.26. The maximum atomic E-state index is 12.2. The van der Waals surface area contributed by atoms with Gasteiger partial charge in [0.15, 0.2) is 5.16 Å². The minimum Gasteiger partial charge on any atom is -0.352 e. The molecule has 0 unspecified atom stereocenters. The Hall–Kier alpha value is -3.31. The third-order valence-corrected chi connectivity index (χ3v) is 6.66. The summed E-state index contributed by atoms with van der Waals surface area (Å²) in [6.07, 6.45) is 3.00. The standard InChI is InChI=1S/C29H31N3OS/c1-2-21-32-27(24-16-8-4-9-17-24)26(23-14-6-3-7-15-23)31-29(32)34-22-13-12-20-30-28(33)25-18-10-5-11-19-25/h3-11,14-19H,2,12-13,20-22H2,1H3,(H,30,33). The van der Waals surface area contributed by atoms with E-state index < -0.39 is 0 Å². The van der Waals surface area contributed by atoms with E-state index in [-0.39, 0.29) is 5.91 Å². The topological polar surface area (TPSA) is 46.9 Å². The zero-order chi connectivity index (χ0) is 23.6. The molecule has 0 atom stereocenters. The van der Waals surface area contributed by atoms with E-state index in [1.54, 1.807) is 11.8 Å². The first-order valence-corrected chi connectivity index (χ1v) is 12.9. The Bertz CT molecular complexity index is 1170. The molecule has 0 aliphatic rings. The maximum Gasteiger partial charge on any atom is 0.251 e. The van der Waals surface area contributed by atoms with Crippen LogP contribution in [0.1, 0.15) is 36.5 Å². The zero-order valence-electron chi connectivity index (χ0n) is 19.6. The van der Waals surface area contributed by atoms with Crippen LogP contribution in [0.15, 0.2) is 96.2 Å². The van der Waals surface area contributed by atoms with Crippen LogP contribution >= 0.6 is 11.8 Å². The molecule has 1 heterocycles. The molecule has 1 amide bonds. The van der Waals surface area contributed by atoms with Gasteiger partial charge in [-0.05, 0) is 31.4 Å². The molecule has 4 nitrogen and oxygen atoms in total. The molecule has 0 aliphatic carbocycles. The summed E-state index contributed by atoms with van der Waals surface area (Å²) >= 11 is 1.81. The van der Waals surface area contributed by atoms with E-state index in [2.05, 4.69) is 71.4 Å². The summed E-state index contributed by atoms with van der Waals surface area (Å²) in [5.74, 6) is 0.955. The smallest absolute Gasteiger partial charge is 0.251 e. The molecule has 0 saturated carbocycles. The number of benzene rings is 3. The van der Waals surface area contributed by atoms with Gasteiger partial charge in [-0.15, -0.1) is 0 Å². The summed E-state index contributed by atoms with van der Waals surface area (Å²) in [7, 11) is 0. The number of hydrogen-bond acceptors (Lipinski definition) is 3. The summed E-state index contributed by atoms with van der Waals surface area (Å²) < 4.78 is 2.37. The van der Waals surface area contributed by atoms with Crippen molar-refractivity contribution in [3.8, 4) is 22.5 Å². The molecule has 1 aromatic heterocycles. The van der Waals surface area contributed by atoms with Crippen LogP contribution in [0, 0.1) is 0 Å². The highest BCUT2D eigenvalue weighted by Gasteiger charge is 2.19. The predicted molar refractivity (Wildman–Crippen MR) is 142 cm³/mol. The van der Waals surface area contributed by atoms with E-state index in [9.17, 15) is 4.79 Å². The van der Waals surface area contributed by atoms with E-state index in [0.29, 0.717) is 12.1 Å². The van der Waals surface area contributed by atoms with Crippen molar-refractivity contribution in [2.24, 2.45) is 0 Å². The molecule has 4 aromatic rings. The summed E-state index contributed by atoms with van der Waals surface area (Å²) in [4.78, 5) is 17.3. The van der Waals surface area contributed by atoms with Crippen LogP contribution in [-0.2, 0) is 6.54 Å². The molecule has 3 aromatic carbocycles. The molecule has 34 heavy (non-hydrogen) atoms. The van der Waals surface area contributed by atoms with E-state index in [1.807, 2.05) is 36.4 Å². The molecular formula is C29H31N3OS. The SMILES string of the molecule is CCCn1c(SCCCCNC(=O)c2ccccc2)nc(-c2ccccc2)c1-c1ccccc1. The van der Waals surface area contributed by atoms with Crippen LogP contribution in [-0.4, -0.2) is 27.8 Å². The maximum absolute atomic E-state index is 12.2. The molecule has 0 spiro atoms. The van der Waals surface area contributed by atoms with Crippen LogP contribution in [0.2, 0.25) is 0 Å². The van der Waals surface area contributed by atoms with Gasteiger partial charge in [0.1, 0.15) is 0 Å². The van der Waals surface area contributed by atoms with Crippen molar-refractivity contribution in [2.45, 2.75) is 37.9 Å². The number of thioether (sulfide) groups is 1. The first-order valence-electron chi connectivity index (χ1n) is 12.0. The largest absolute Gasteiger partial charge is 0.352 e. The van der Waals surface area contributed by atoms with Gasteiger partial charge >= 0.3 is 0 Å². The molecule has 174 valence electrons. The number of unbranched alkanes of at least 4 members (excludes halogenated alkanes) is 1. The second-order valence-corrected chi connectivity index (χ2v) is 9.21. The number of hydrogen-bond donors (Lipinski definition) is 1.